The van der Waals surface area contributed by atoms with E-state index in [1.807, 2.05) is 0 Å². The molecule has 2 aromatic rings. The summed E-state index contributed by atoms with van der Waals surface area (Å²) in [7, 11) is 0. The van der Waals surface area contributed by atoms with Crippen molar-refractivity contribution >= 4 is 35.4 Å². The molecule has 0 amide bonds. The Hall–Kier alpha value is -4.22. The van der Waals surface area contributed by atoms with Crippen LogP contribution < -0.4 is 0 Å². The van der Waals surface area contributed by atoms with Crippen molar-refractivity contribution < 1.29 is 58.2 Å². The zero-order valence-electron chi connectivity index (χ0n) is 17.9. The number of rotatable bonds is 5. The minimum atomic E-state index is -1.95. The highest BCUT2D eigenvalue weighted by Gasteiger charge is 2.47. The lowest BCUT2D eigenvalue weighted by Crippen LogP contribution is -2.47. The number of carbonyl (C=O) groups is 4. The van der Waals surface area contributed by atoms with Gasteiger partial charge < -0.3 is 39.0 Å². The van der Waals surface area contributed by atoms with Crippen LogP contribution in [0.25, 0.3) is 10.8 Å². The summed E-state index contributed by atoms with van der Waals surface area (Å²) in [6.45, 7) is 1.60. The average Bonchev–Trinajstić information content (AvgIpc) is 2.69. The van der Waals surface area contributed by atoms with Crippen LogP contribution in [0.15, 0.2) is 24.3 Å². The van der Waals surface area contributed by atoms with Gasteiger partial charge in [-0.2, -0.15) is 0 Å². The summed E-state index contributed by atoms with van der Waals surface area (Å²) in [5, 5.41) is 29.1. The van der Waals surface area contributed by atoms with Gasteiger partial charge in [0, 0.05) is 0 Å². The first-order valence-electron chi connectivity index (χ1n) is 10.2. The van der Waals surface area contributed by atoms with Crippen molar-refractivity contribution in [2.45, 2.75) is 44.2 Å². The van der Waals surface area contributed by atoms with Crippen LogP contribution in [0.2, 0.25) is 0 Å². The molecule has 0 fully saturated rings. The average molecular weight is 476 g/mol. The molecule has 0 saturated carbocycles. The Morgan fingerprint density at radius 2 is 1.00 bits per heavy atom. The lowest BCUT2D eigenvalue weighted by atomic mass is 9.77. The summed E-state index contributed by atoms with van der Waals surface area (Å²) in [6.07, 6.45) is -6.55. The van der Waals surface area contributed by atoms with Gasteiger partial charge in [-0.1, -0.05) is 24.3 Å². The highest BCUT2D eigenvalue weighted by atomic mass is 16.8. The summed E-state index contributed by atoms with van der Waals surface area (Å²) >= 11 is 0. The zero-order chi connectivity index (χ0) is 24.7. The molecule has 12 heteroatoms. The summed E-state index contributed by atoms with van der Waals surface area (Å²) < 4.78 is 24.9. The first-order valence-corrected chi connectivity index (χ1v) is 10.2. The Labute approximate surface area is 191 Å². The minimum Gasteiger partial charge on any atom is -0.450 e. The maximum absolute atomic E-state index is 12.0. The van der Waals surface area contributed by atoms with Crippen LogP contribution in [0.1, 0.15) is 29.2 Å². The fourth-order valence-corrected chi connectivity index (χ4v) is 4.77. The van der Waals surface area contributed by atoms with E-state index in [1.165, 1.54) is 0 Å². The number of ether oxygens (including phenoxy) is 5. The van der Waals surface area contributed by atoms with Gasteiger partial charge in [0.15, 0.2) is 0 Å². The second kappa shape index (κ2) is 8.28. The molecule has 0 spiro atoms. The number of benzene rings is 2. The van der Waals surface area contributed by atoms with Crippen molar-refractivity contribution in [1.82, 2.24) is 0 Å². The van der Waals surface area contributed by atoms with Crippen LogP contribution in [0.3, 0.4) is 0 Å². The van der Waals surface area contributed by atoms with Crippen LogP contribution in [0.4, 0.5) is 19.2 Å². The minimum absolute atomic E-state index is 0.0272. The van der Waals surface area contributed by atoms with Crippen molar-refractivity contribution in [2.75, 3.05) is 6.61 Å². The largest absolute Gasteiger partial charge is 0.511 e. The molecular weight excluding hydrogens is 456 g/mol. The fraction of sp³-hybridized carbons (Fsp3) is 0.364. The maximum Gasteiger partial charge on any atom is 0.511 e. The second-order valence-electron chi connectivity index (χ2n) is 7.94. The van der Waals surface area contributed by atoms with E-state index in [-0.39, 0.29) is 32.3 Å². The molecule has 2 aliphatic rings. The molecule has 0 unspecified atom stereocenters. The number of hydrogen-bond acceptors (Lipinski definition) is 9. The summed E-state index contributed by atoms with van der Waals surface area (Å²) in [4.78, 5) is 45.9. The second-order valence-corrected chi connectivity index (χ2v) is 7.94. The van der Waals surface area contributed by atoms with E-state index in [0.717, 1.165) is 10.8 Å². The maximum atomic E-state index is 12.0. The first kappa shape index (κ1) is 23.0. The van der Waals surface area contributed by atoms with E-state index in [9.17, 15) is 24.3 Å². The molecule has 12 nitrogen and oxygen atoms in total. The number of hydrogen-bond donors (Lipinski definition) is 3. The van der Waals surface area contributed by atoms with Gasteiger partial charge in [-0.05, 0) is 39.9 Å². The predicted octanol–water partition coefficient (Wildman–Crippen LogP) is 3.69. The molecule has 34 heavy (non-hydrogen) atoms. The summed E-state index contributed by atoms with van der Waals surface area (Å²) in [6, 6.07) is 6.57. The van der Waals surface area contributed by atoms with Crippen molar-refractivity contribution in [1.29, 1.82) is 0 Å². The quantitative estimate of drug-likeness (QED) is 0.325. The van der Waals surface area contributed by atoms with Crippen LogP contribution in [-0.2, 0) is 49.4 Å². The number of carbonyl (C=O) groups excluding carboxylic acids is 1. The Bertz CT molecular complexity index is 1130. The van der Waals surface area contributed by atoms with Crippen LogP contribution >= 0.6 is 0 Å². The Balaban J connectivity index is 1.78. The Kier molecular flexibility index (Phi) is 5.59. The summed E-state index contributed by atoms with van der Waals surface area (Å²) in [5.74, 6) is -3.79. The molecule has 0 bridgehead atoms. The highest BCUT2D eigenvalue weighted by molar-refractivity contribution is 5.96. The summed E-state index contributed by atoms with van der Waals surface area (Å²) in [5.41, 5.74) is 2.42. The molecule has 2 aliphatic carbocycles. The third kappa shape index (κ3) is 4.21. The van der Waals surface area contributed by atoms with Crippen LogP contribution in [-0.4, -0.2) is 58.1 Å². The molecule has 0 aliphatic heterocycles. The van der Waals surface area contributed by atoms with Gasteiger partial charge in [-0.3, -0.25) is 0 Å². The molecule has 0 atom stereocenters. The lowest BCUT2D eigenvalue weighted by molar-refractivity contribution is -0.186. The van der Waals surface area contributed by atoms with Gasteiger partial charge in [-0.15, -0.1) is 0 Å². The molecule has 0 aromatic heterocycles. The van der Waals surface area contributed by atoms with Gasteiger partial charge in [-0.25, -0.2) is 19.2 Å². The molecule has 4 rings (SSSR count). The van der Waals surface area contributed by atoms with Crippen molar-refractivity contribution in [3.8, 4) is 0 Å². The molecule has 180 valence electrons. The lowest BCUT2D eigenvalue weighted by Gasteiger charge is -2.38. The third-order valence-electron chi connectivity index (χ3n) is 5.70. The molecule has 3 N–H and O–H groups in total. The smallest absolute Gasteiger partial charge is 0.450 e. The van der Waals surface area contributed by atoms with Gasteiger partial charge >= 0.3 is 24.6 Å². The van der Waals surface area contributed by atoms with Crippen molar-refractivity contribution in [2.24, 2.45) is 0 Å². The Morgan fingerprint density at radius 3 is 1.29 bits per heavy atom. The normalized spacial score (nSPS) is 16.7. The van der Waals surface area contributed by atoms with E-state index < -0.39 is 36.2 Å². The van der Waals surface area contributed by atoms with Gasteiger partial charge in [0.05, 0.1) is 32.3 Å². The topological polar surface area (TPSA) is 175 Å². The predicted molar refractivity (Wildman–Crippen MR) is 110 cm³/mol. The van der Waals surface area contributed by atoms with Gasteiger partial charge in [0.1, 0.15) is 0 Å². The number of carboxylic acid groups (broad SMARTS) is 3. The highest BCUT2D eigenvalue weighted by Crippen LogP contribution is 2.44. The molecule has 2 aromatic carbocycles. The fourth-order valence-electron chi connectivity index (χ4n) is 4.77. The van der Waals surface area contributed by atoms with Crippen molar-refractivity contribution in [3.05, 3.63) is 46.5 Å². The SMILES string of the molecule is CCOC(=O)OC1(OC(=O)O)Cc2ccc3c4c(ccc(c24)C1)CC(OC(=O)O)(OC(=O)O)C3. The molecule has 0 radical (unpaired) electrons. The van der Waals surface area contributed by atoms with Crippen LogP contribution in [0, 0.1) is 0 Å². The molecule has 0 heterocycles. The van der Waals surface area contributed by atoms with E-state index >= 15 is 0 Å². The van der Waals surface area contributed by atoms with E-state index in [0.29, 0.717) is 22.3 Å². The molecular formula is C22H20O12. The first-order chi connectivity index (χ1) is 16.1. The van der Waals surface area contributed by atoms with E-state index in [2.05, 4.69) is 0 Å². The van der Waals surface area contributed by atoms with E-state index in [4.69, 9.17) is 33.9 Å². The van der Waals surface area contributed by atoms with E-state index in [1.54, 1.807) is 31.2 Å². The van der Waals surface area contributed by atoms with Crippen molar-refractivity contribution in [3.63, 3.8) is 0 Å². The Morgan fingerprint density at radius 1 is 0.676 bits per heavy atom. The standard InChI is InChI=1S/C22H20O12/c1-2-30-20(29)34-22(33-19(27)28)9-13-5-3-11-7-21(31-17(23)24,32-18(25)26)8-12-4-6-14(10-22)16(13)15(11)12/h3-6H,2,7-10H2,1H3,(H,23,24)(H,25,26)(H,27,28). The van der Waals surface area contributed by atoms with Gasteiger partial charge in [0.25, 0.3) is 11.6 Å². The monoisotopic (exact) mass is 476 g/mol. The third-order valence-corrected chi connectivity index (χ3v) is 5.70. The van der Waals surface area contributed by atoms with Gasteiger partial charge in [0.2, 0.25) is 0 Å². The zero-order valence-corrected chi connectivity index (χ0v) is 17.9. The molecule has 0 saturated heterocycles. The van der Waals surface area contributed by atoms with Crippen LogP contribution in [0.5, 0.6) is 0 Å².